The van der Waals surface area contributed by atoms with Gasteiger partial charge >= 0.3 is 0 Å². The number of aromatic hydroxyl groups is 4. The molecule has 2 aromatic rings. The molecule has 10 nitrogen and oxygen atoms in total. The molecule has 1 aliphatic heterocycles. The van der Waals surface area contributed by atoms with Crippen LogP contribution in [-0.2, 0) is 4.74 Å². The van der Waals surface area contributed by atoms with E-state index in [-0.39, 0.29) is 12.2 Å². The highest BCUT2D eigenvalue weighted by molar-refractivity contribution is 6.13. The lowest BCUT2D eigenvalue weighted by molar-refractivity contribution is -0.242. The predicted molar refractivity (Wildman–Crippen MR) is 91.4 cm³/mol. The fraction of sp³-hybridized carbons (Fsp3) is 0.278. The van der Waals surface area contributed by atoms with E-state index in [0.29, 0.717) is 0 Å². The van der Waals surface area contributed by atoms with Gasteiger partial charge in [0.15, 0.2) is 0 Å². The second-order valence-corrected chi connectivity index (χ2v) is 6.27. The van der Waals surface area contributed by atoms with Gasteiger partial charge in [0.1, 0.15) is 52.6 Å². The summed E-state index contributed by atoms with van der Waals surface area (Å²) in [4.78, 5) is 12.8. The highest BCUT2D eigenvalue weighted by Crippen LogP contribution is 2.37. The number of phenols is 4. The molecule has 28 heavy (non-hydrogen) atoms. The Kier molecular flexibility index (Phi) is 5.29. The number of ketones is 1. The van der Waals surface area contributed by atoms with Crippen molar-refractivity contribution in [3.8, 4) is 28.7 Å². The van der Waals surface area contributed by atoms with Crippen LogP contribution in [0, 0.1) is 0 Å². The summed E-state index contributed by atoms with van der Waals surface area (Å²) in [6, 6.07) is 4.95. The van der Waals surface area contributed by atoms with Crippen LogP contribution in [0.1, 0.15) is 15.9 Å². The summed E-state index contributed by atoms with van der Waals surface area (Å²) in [7, 11) is 0. The van der Waals surface area contributed by atoms with Gasteiger partial charge in [-0.1, -0.05) is 0 Å². The van der Waals surface area contributed by atoms with Crippen molar-refractivity contribution in [1.82, 2.24) is 0 Å². The van der Waals surface area contributed by atoms with Crippen molar-refractivity contribution in [1.29, 1.82) is 0 Å². The zero-order chi connectivity index (χ0) is 20.6. The van der Waals surface area contributed by atoms with E-state index in [9.17, 15) is 40.5 Å². The summed E-state index contributed by atoms with van der Waals surface area (Å²) >= 11 is 0. The zero-order valence-corrected chi connectivity index (χ0v) is 14.3. The van der Waals surface area contributed by atoms with Crippen molar-refractivity contribution in [2.24, 2.45) is 0 Å². The molecule has 1 fully saturated rings. The maximum atomic E-state index is 12.8. The zero-order valence-electron chi connectivity index (χ0n) is 14.3. The van der Waals surface area contributed by atoms with E-state index in [1.165, 1.54) is 0 Å². The maximum absolute atomic E-state index is 12.8. The number of aliphatic hydroxyl groups excluding tert-OH is 3. The Morgan fingerprint density at radius 3 is 2.14 bits per heavy atom. The van der Waals surface area contributed by atoms with Crippen LogP contribution < -0.4 is 4.74 Å². The molecule has 3 rings (SSSR count). The number of rotatable bonds is 4. The van der Waals surface area contributed by atoms with Crippen LogP contribution in [0.3, 0.4) is 0 Å². The lowest BCUT2D eigenvalue weighted by Gasteiger charge is -2.35. The molecule has 150 valence electrons. The van der Waals surface area contributed by atoms with Crippen LogP contribution in [0.4, 0.5) is 0 Å². The van der Waals surface area contributed by atoms with Crippen LogP contribution in [0.15, 0.2) is 30.3 Å². The molecule has 0 spiro atoms. The first-order chi connectivity index (χ1) is 13.2. The van der Waals surface area contributed by atoms with E-state index >= 15 is 0 Å². The first kappa shape index (κ1) is 19.7. The van der Waals surface area contributed by atoms with Gasteiger partial charge in [-0.2, -0.15) is 0 Å². The molecule has 1 heterocycles. The molecular formula is C18H18O10. The van der Waals surface area contributed by atoms with Crippen molar-refractivity contribution in [2.75, 3.05) is 6.61 Å². The molecule has 0 saturated carbocycles. The van der Waals surface area contributed by atoms with Gasteiger partial charge in [0.25, 0.3) is 0 Å². The van der Waals surface area contributed by atoms with E-state index in [4.69, 9.17) is 9.47 Å². The molecule has 1 aliphatic rings. The monoisotopic (exact) mass is 394 g/mol. The molecule has 0 bridgehead atoms. The Labute approximate surface area is 158 Å². The number of carbonyl (C=O) groups is 1. The molecule has 0 unspecified atom stereocenters. The van der Waals surface area contributed by atoms with E-state index < -0.39 is 64.7 Å². The van der Waals surface area contributed by atoms with Crippen LogP contribution >= 0.6 is 0 Å². The SMILES string of the molecule is O=C(c1cc(O)cc(O)c1)c1c(O)cc(O)cc1O[C@@H]1OC[C@@H](O)[C@H](O)[C@H]1O. The quantitative estimate of drug-likeness (QED) is 0.336. The number of phenolic OH excluding ortho intramolecular Hbond substituents is 4. The van der Waals surface area contributed by atoms with Gasteiger partial charge in [-0.25, -0.2) is 0 Å². The van der Waals surface area contributed by atoms with Gasteiger partial charge in [-0.15, -0.1) is 0 Å². The summed E-state index contributed by atoms with van der Waals surface area (Å²) in [6.07, 6.45) is -6.11. The van der Waals surface area contributed by atoms with Crippen molar-refractivity contribution in [3.05, 3.63) is 41.5 Å². The molecular weight excluding hydrogens is 376 g/mol. The number of hydrogen-bond donors (Lipinski definition) is 7. The second-order valence-electron chi connectivity index (χ2n) is 6.27. The Bertz CT molecular complexity index is 876. The number of hydrogen-bond acceptors (Lipinski definition) is 10. The first-order valence-electron chi connectivity index (χ1n) is 8.13. The first-order valence-corrected chi connectivity index (χ1v) is 8.13. The van der Waals surface area contributed by atoms with E-state index in [2.05, 4.69) is 0 Å². The van der Waals surface area contributed by atoms with Gasteiger partial charge in [0, 0.05) is 23.8 Å². The fourth-order valence-electron chi connectivity index (χ4n) is 2.79. The number of ether oxygens (including phenoxy) is 2. The summed E-state index contributed by atoms with van der Waals surface area (Å²) in [5, 5.41) is 68.2. The third-order valence-corrected chi connectivity index (χ3v) is 4.16. The molecule has 0 aliphatic carbocycles. The largest absolute Gasteiger partial charge is 0.508 e. The predicted octanol–water partition coefficient (Wildman–Crippen LogP) is -0.442. The van der Waals surface area contributed by atoms with Crippen molar-refractivity contribution < 1.29 is 50.0 Å². The van der Waals surface area contributed by atoms with Crippen molar-refractivity contribution in [3.63, 3.8) is 0 Å². The summed E-state index contributed by atoms with van der Waals surface area (Å²) < 4.78 is 10.5. The Balaban J connectivity index is 1.99. The highest BCUT2D eigenvalue weighted by atomic mass is 16.7. The minimum absolute atomic E-state index is 0.191. The normalized spacial score (nSPS) is 24.7. The van der Waals surface area contributed by atoms with Gasteiger partial charge in [0.05, 0.1) is 6.61 Å². The summed E-state index contributed by atoms with van der Waals surface area (Å²) in [6.45, 7) is -0.364. The van der Waals surface area contributed by atoms with Crippen LogP contribution in [-0.4, -0.2) is 72.7 Å². The molecule has 7 N–H and O–H groups in total. The minimum atomic E-state index is -1.68. The smallest absolute Gasteiger partial charge is 0.228 e. The van der Waals surface area contributed by atoms with Gasteiger partial charge < -0.3 is 45.2 Å². The Morgan fingerprint density at radius 1 is 0.893 bits per heavy atom. The van der Waals surface area contributed by atoms with E-state index in [1.807, 2.05) is 0 Å². The Morgan fingerprint density at radius 2 is 1.50 bits per heavy atom. The fourth-order valence-corrected chi connectivity index (χ4v) is 2.79. The number of aliphatic hydroxyl groups is 3. The summed E-state index contributed by atoms with van der Waals surface area (Å²) in [5.41, 5.74) is -0.636. The second kappa shape index (κ2) is 7.52. The average molecular weight is 394 g/mol. The minimum Gasteiger partial charge on any atom is -0.508 e. The molecule has 10 heteroatoms. The topological polar surface area (TPSA) is 177 Å². The lowest BCUT2D eigenvalue weighted by atomic mass is 10.00. The van der Waals surface area contributed by atoms with Gasteiger partial charge in [0.2, 0.25) is 12.1 Å². The van der Waals surface area contributed by atoms with Gasteiger partial charge in [-0.05, 0) is 12.1 Å². The lowest BCUT2D eigenvalue weighted by Crippen LogP contribution is -2.54. The van der Waals surface area contributed by atoms with E-state index in [1.54, 1.807) is 0 Å². The number of benzene rings is 2. The molecule has 0 radical (unpaired) electrons. The van der Waals surface area contributed by atoms with Crippen molar-refractivity contribution in [2.45, 2.75) is 24.6 Å². The third kappa shape index (κ3) is 3.80. The van der Waals surface area contributed by atoms with E-state index in [0.717, 1.165) is 30.3 Å². The number of carbonyl (C=O) groups excluding carboxylic acids is 1. The standard InChI is InChI=1S/C18H18O10/c19-8-1-7(2-9(20)3-8)15(24)14-11(22)4-10(21)5-13(14)28-18-17(26)16(25)12(23)6-27-18/h1-5,12,16-23,25-26H,6H2/t12-,16+,17-,18+/m1/s1. The average Bonchev–Trinajstić information content (AvgIpc) is 2.60. The summed E-state index contributed by atoms with van der Waals surface area (Å²) in [5.74, 6) is -3.19. The molecule has 1 saturated heterocycles. The molecule has 2 aromatic carbocycles. The highest BCUT2D eigenvalue weighted by Gasteiger charge is 2.39. The maximum Gasteiger partial charge on any atom is 0.228 e. The third-order valence-electron chi connectivity index (χ3n) is 4.16. The van der Waals surface area contributed by atoms with Crippen molar-refractivity contribution >= 4 is 5.78 Å². The molecule has 0 aromatic heterocycles. The van der Waals surface area contributed by atoms with Gasteiger partial charge in [-0.3, -0.25) is 4.79 Å². The van der Waals surface area contributed by atoms with Crippen LogP contribution in [0.2, 0.25) is 0 Å². The Hall–Kier alpha value is -3.05. The van der Waals surface area contributed by atoms with Crippen LogP contribution in [0.5, 0.6) is 28.7 Å². The molecule has 4 atom stereocenters. The van der Waals surface area contributed by atoms with Crippen LogP contribution in [0.25, 0.3) is 0 Å². The molecule has 0 amide bonds.